The molecule has 2 rings (SSSR count). The standard InChI is InChI=1S/C15H11F2NO3/c16-11-6-5-10(7-12(11)17)15(21)18-13-4-2-1-3-9(13)8-14(19)20/h1-7H,8H2,(H,18,21)(H,19,20). The Kier molecular flexibility index (Phi) is 4.27. The third kappa shape index (κ3) is 3.62. The normalized spacial score (nSPS) is 10.2. The molecule has 0 aromatic heterocycles. The number of nitrogens with one attached hydrogen (secondary N) is 1. The Labute approximate surface area is 119 Å². The Morgan fingerprint density at radius 2 is 1.76 bits per heavy atom. The van der Waals surface area contributed by atoms with E-state index in [1.54, 1.807) is 18.2 Å². The van der Waals surface area contributed by atoms with E-state index in [2.05, 4.69) is 5.32 Å². The number of anilines is 1. The molecule has 0 heterocycles. The van der Waals surface area contributed by atoms with Crippen molar-refractivity contribution < 1.29 is 23.5 Å². The molecule has 0 saturated heterocycles. The van der Waals surface area contributed by atoms with Gasteiger partial charge in [0.25, 0.3) is 5.91 Å². The Balaban J connectivity index is 2.23. The molecule has 1 amide bonds. The maximum absolute atomic E-state index is 13.1. The van der Waals surface area contributed by atoms with Gasteiger partial charge in [-0.3, -0.25) is 9.59 Å². The van der Waals surface area contributed by atoms with Crippen molar-refractivity contribution in [3.05, 3.63) is 65.2 Å². The maximum atomic E-state index is 13.1. The predicted molar refractivity (Wildman–Crippen MR) is 72.1 cm³/mol. The first-order chi connectivity index (χ1) is 9.97. The molecule has 0 aliphatic rings. The van der Waals surface area contributed by atoms with Crippen LogP contribution >= 0.6 is 0 Å². The lowest BCUT2D eigenvalue weighted by Gasteiger charge is -2.10. The molecule has 21 heavy (non-hydrogen) atoms. The van der Waals surface area contributed by atoms with Gasteiger partial charge in [0.2, 0.25) is 0 Å². The minimum absolute atomic E-state index is 0.0565. The van der Waals surface area contributed by atoms with Crippen LogP contribution < -0.4 is 5.32 Å². The van der Waals surface area contributed by atoms with E-state index in [4.69, 9.17) is 5.11 Å². The molecule has 0 aliphatic heterocycles. The summed E-state index contributed by atoms with van der Waals surface area (Å²) in [4.78, 5) is 22.7. The van der Waals surface area contributed by atoms with E-state index >= 15 is 0 Å². The zero-order chi connectivity index (χ0) is 15.4. The second-order valence-electron chi connectivity index (χ2n) is 4.31. The molecule has 0 saturated carbocycles. The molecule has 0 spiro atoms. The molecule has 2 N–H and O–H groups in total. The summed E-state index contributed by atoms with van der Waals surface area (Å²) >= 11 is 0. The van der Waals surface area contributed by atoms with Gasteiger partial charge in [0.15, 0.2) is 11.6 Å². The average molecular weight is 291 g/mol. The molecular formula is C15H11F2NO3. The molecule has 4 nitrogen and oxygen atoms in total. The predicted octanol–water partition coefficient (Wildman–Crippen LogP) is 2.84. The molecule has 0 unspecified atom stereocenters. The van der Waals surface area contributed by atoms with Gasteiger partial charge >= 0.3 is 5.97 Å². The fraction of sp³-hybridized carbons (Fsp3) is 0.0667. The number of rotatable bonds is 4. The Bertz CT molecular complexity index is 701. The number of halogens is 2. The van der Waals surface area contributed by atoms with Crippen LogP contribution in [0.2, 0.25) is 0 Å². The van der Waals surface area contributed by atoms with Crippen molar-refractivity contribution in [2.45, 2.75) is 6.42 Å². The first-order valence-electron chi connectivity index (χ1n) is 6.03. The molecule has 2 aromatic rings. The number of carbonyl (C=O) groups excluding carboxylic acids is 1. The minimum atomic E-state index is -1.12. The van der Waals surface area contributed by atoms with Gasteiger partial charge in [-0.15, -0.1) is 0 Å². The van der Waals surface area contributed by atoms with Gasteiger partial charge in [0, 0.05) is 11.3 Å². The molecule has 0 bridgehead atoms. The van der Waals surface area contributed by atoms with Crippen molar-refractivity contribution in [1.82, 2.24) is 0 Å². The summed E-state index contributed by atoms with van der Waals surface area (Å²) in [6.07, 6.45) is -0.256. The van der Waals surface area contributed by atoms with Gasteiger partial charge in [-0.25, -0.2) is 8.78 Å². The number of para-hydroxylation sites is 1. The van der Waals surface area contributed by atoms with Gasteiger partial charge < -0.3 is 10.4 Å². The zero-order valence-electron chi connectivity index (χ0n) is 10.8. The summed E-state index contributed by atoms with van der Waals surface area (Å²) in [6, 6.07) is 9.16. The van der Waals surface area contributed by atoms with Crippen LogP contribution in [0.15, 0.2) is 42.5 Å². The third-order valence-electron chi connectivity index (χ3n) is 2.79. The molecule has 6 heteroatoms. The van der Waals surface area contributed by atoms with E-state index in [1.807, 2.05) is 0 Å². The second-order valence-corrected chi connectivity index (χ2v) is 4.31. The van der Waals surface area contributed by atoms with Crippen LogP contribution in [0.1, 0.15) is 15.9 Å². The summed E-state index contributed by atoms with van der Waals surface area (Å²) in [5.41, 5.74) is 0.676. The van der Waals surface area contributed by atoms with Crippen LogP contribution in [-0.2, 0) is 11.2 Å². The molecular weight excluding hydrogens is 280 g/mol. The number of carboxylic acids is 1. The second kappa shape index (κ2) is 6.13. The van der Waals surface area contributed by atoms with Crippen molar-refractivity contribution in [3.8, 4) is 0 Å². The highest BCUT2D eigenvalue weighted by atomic mass is 19.2. The molecule has 0 atom stereocenters. The van der Waals surface area contributed by atoms with Gasteiger partial charge in [-0.2, -0.15) is 0 Å². The van der Waals surface area contributed by atoms with E-state index in [1.165, 1.54) is 6.07 Å². The topological polar surface area (TPSA) is 66.4 Å². The van der Waals surface area contributed by atoms with E-state index in [9.17, 15) is 18.4 Å². The van der Waals surface area contributed by atoms with Gasteiger partial charge in [0.1, 0.15) is 0 Å². The van der Waals surface area contributed by atoms with Crippen LogP contribution in [0.4, 0.5) is 14.5 Å². The van der Waals surface area contributed by atoms with Crippen molar-refractivity contribution in [3.63, 3.8) is 0 Å². The van der Waals surface area contributed by atoms with E-state index < -0.39 is 23.5 Å². The number of hydrogen-bond acceptors (Lipinski definition) is 2. The van der Waals surface area contributed by atoms with Crippen molar-refractivity contribution in [2.24, 2.45) is 0 Å². The monoisotopic (exact) mass is 291 g/mol. The molecule has 2 aromatic carbocycles. The summed E-state index contributed by atoms with van der Waals surface area (Å²) < 4.78 is 25.9. The number of hydrogen-bond donors (Lipinski definition) is 2. The Morgan fingerprint density at radius 1 is 1.05 bits per heavy atom. The number of aliphatic carboxylic acids is 1. The number of amides is 1. The molecule has 108 valence electrons. The lowest BCUT2D eigenvalue weighted by atomic mass is 10.1. The maximum Gasteiger partial charge on any atom is 0.307 e. The highest BCUT2D eigenvalue weighted by Crippen LogP contribution is 2.17. The fourth-order valence-corrected chi connectivity index (χ4v) is 1.79. The van der Waals surface area contributed by atoms with E-state index in [-0.39, 0.29) is 12.0 Å². The van der Waals surface area contributed by atoms with Crippen LogP contribution in [0, 0.1) is 11.6 Å². The largest absolute Gasteiger partial charge is 0.481 e. The summed E-state index contributed by atoms with van der Waals surface area (Å²) in [5.74, 6) is -3.85. The van der Waals surface area contributed by atoms with Gasteiger partial charge in [0.05, 0.1) is 6.42 Å². The minimum Gasteiger partial charge on any atom is -0.481 e. The first kappa shape index (κ1) is 14.6. The number of benzene rings is 2. The van der Waals surface area contributed by atoms with E-state index in [0.717, 1.165) is 18.2 Å². The SMILES string of the molecule is O=C(O)Cc1ccccc1NC(=O)c1ccc(F)c(F)c1. The summed E-state index contributed by atoms with van der Waals surface area (Å²) in [5, 5.41) is 11.3. The number of carboxylic acid groups (broad SMARTS) is 1. The molecule has 0 aliphatic carbocycles. The Morgan fingerprint density at radius 3 is 2.43 bits per heavy atom. The van der Waals surface area contributed by atoms with Crippen LogP contribution in [0.3, 0.4) is 0 Å². The highest BCUT2D eigenvalue weighted by Gasteiger charge is 2.12. The van der Waals surface area contributed by atoms with Gasteiger partial charge in [-0.05, 0) is 29.8 Å². The fourth-order valence-electron chi connectivity index (χ4n) is 1.79. The number of carbonyl (C=O) groups is 2. The van der Waals surface area contributed by atoms with Crippen LogP contribution in [-0.4, -0.2) is 17.0 Å². The average Bonchev–Trinajstić information content (AvgIpc) is 2.43. The lowest BCUT2D eigenvalue weighted by molar-refractivity contribution is -0.136. The summed E-state index contributed by atoms with van der Waals surface area (Å²) in [7, 11) is 0. The zero-order valence-corrected chi connectivity index (χ0v) is 10.8. The highest BCUT2D eigenvalue weighted by molar-refractivity contribution is 6.04. The smallest absolute Gasteiger partial charge is 0.307 e. The third-order valence-corrected chi connectivity index (χ3v) is 2.79. The van der Waals surface area contributed by atoms with Crippen molar-refractivity contribution >= 4 is 17.6 Å². The van der Waals surface area contributed by atoms with Crippen LogP contribution in [0.5, 0.6) is 0 Å². The van der Waals surface area contributed by atoms with Crippen molar-refractivity contribution in [2.75, 3.05) is 5.32 Å². The first-order valence-corrected chi connectivity index (χ1v) is 6.03. The van der Waals surface area contributed by atoms with Crippen molar-refractivity contribution in [1.29, 1.82) is 0 Å². The quantitative estimate of drug-likeness (QED) is 0.910. The van der Waals surface area contributed by atoms with Crippen LogP contribution in [0.25, 0.3) is 0 Å². The molecule has 0 fully saturated rings. The lowest BCUT2D eigenvalue weighted by Crippen LogP contribution is -2.14. The summed E-state index contributed by atoms with van der Waals surface area (Å²) in [6.45, 7) is 0. The van der Waals surface area contributed by atoms with Gasteiger partial charge in [-0.1, -0.05) is 18.2 Å². The molecule has 0 radical (unpaired) electrons. The van der Waals surface area contributed by atoms with E-state index in [0.29, 0.717) is 11.3 Å². The Hall–Kier alpha value is -2.76.